The predicted octanol–water partition coefficient (Wildman–Crippen LogP) is 3.08. The first-order valence-corrected chi connectivity index (χ1v) is 6.96. The molecule has 0 aliphatic carbocycles. The van der Waals surface area contributed by atoms with Gasteiger partial charge >= 0.3 is 0 Å². The van der Waals surface area contributed by atoms with Crippen LogP contribution in [0.2, 0.25) is 0 Å². The maximum Gasteiger partial charge on any atom is 0.145 e. The lowest BCUT2D eigenvalue weighted by Gasteiger charge is -2.09. The molecule has 0 bridgehead atoms. The first kappa shape index (κ1) is 11.5. The Morgan fingerprint density at radius 3 is 3.00 bits per heavy atom. The first-order chi connectivity index (χ1) is 8.84. The molecule has 1 aromatic heterocycles. The van der Waals surface area contributed by atoms with Crippen LogP contribution in [0, 0.1) is 0 Å². The monoisotopic (exact) mass is 255 g/mol. The van der Waals surface area contributed by atoms with Crippen molar-refractivity contribution in [2.24, 2.45) is 0 Å². The second-order valence-electron chi connectivity index (χ2n) is 4.41. The Morgan fingerprint density at radius 2 is 2.17 bits per heavy atom. The van der Waals surface area contributed by atoms with Crippen molar-refractivity contribution in [3.8, 4) is 0 Å². The molecule has 1 atom stereocenters. The van der Waals surface area contributed by atoms with Gasteiger partial charge in [-0.15, -0.1) is 11.8 Å². The van der Waals surface area contributed by atoms with E-state index in [0.29, 0.717) is 12.2 Å². The number of Topliss-reactive ketones (excluding diaryl/α,β-unsaturated/α-hetero) is 1. The summed E-state index contributed by atoms with van der Waals surface area (Å²) in [5.41, 5.74) is 2.19. The fourth-order valence-corrected chi connectivity index (χ4v) is 3.52. The van der Waals surface area contributed by atoms with Gasteiger partial charge < -0.3 is 0 Å². The number of aromatic nitrogens is 1. The topological polar surface area (TPSA) is 30.0 Å². The standard InChI is InChI=1S/C15H13NOS/c17-14(8-11-4-3-7-16-9-11)13-10-18-15-6-2-1-5-12(13)15/h1-7,9,13H,8,10H2. The number of rotatable bonds is 3. The van der Waals surface area contributed by atoms with Gasteiger partial charge in [-0.1, -0.05) is 24.3 Å². The van der Waals surface area contributed by atoms with Gasteiger partial charge in [-0.3, -0.25) is 9.78 Å². The van der Waals surface area contributed by atoms with Crippen LogP contribution in [0.25, 0.3) is 0 Å². The van der Waals surface area contributed by atoms with E-state index < -0.39 is 0 Å². The molecule has 3 heteroatoms. The summed E-state index contributed by atoms with van der Waals surface area (Å²) >= 11 is 1.78. The van der Waals surface area contributed by atoms with Crippen LogP contribution in [0.3, 0.4) is 0 Å². The highest BCUT2D eigenvalue weighted by Gasteiger charge is 2.28. The molecule has 0 saturated carbocycles. The summed E-state index contributed by atoms with van der Waals surface area (Å²) in [6, 6.07) is 12.0. The number of benzene rings is 1. The van der Waals surface area contributed by atoms with Crippen molar-refractivity contribution in [2.75, 3.05) is 5.75 Å². The largest absolute Gasteiger partial charge is 0.299 e. The summed E-state index contributed by atoms with van der Waals surface area (Å²) in [7, 11) is 0. The highest BCUT2D eigenvalue weighted by molar-refractivity contribution is 7.99. The van der Waals surface area contributed by atoms with E-state index in [4.69, 9.17) is 0 Å². The fourth-order valence-electron chi connectivity index (χ4n) is 2.26. The smallest absolute Gasteiger partial charge is 0.145 e. The number of ketones is 1. The van der Waals surface area contributed by atoms with Gasteiger partial charge in [-0.05, 0) is 23.3 Å². The lowest BCUT2D eigenvalue weighted by Crippen LogP contribution is -2.14. The molecule has 18 heavy (non-hydrogen) atoms. The molecule has 1 unspecified atom stereocenters. The zero-order valence-corrected chi connectivity index (χ0v) is 10.7. The molecule has 90 valence electrons. The molecule has 0 spiro atoms. The zero-order chi connectivity index (χ0) is 12.4. The molecule has 2 nitrogen and oxygen atoms in total. The Kier molecular flexibility index (Phi) is 3.15. The summed E-state index contributed by atoms with van der Waals surface area (Å²) in [5.74, 6) is 1.21. The molecule has 0 radical (unpaired) electrons. The third-order valence-electron chi connectivity index (χ3n) is 3.19. The number of thioether (sulfide) groups is 1. The van der Waals surface area contributed by atoms with Crippen molar-refractivity contribution in [3.05, 3.63) is 59.9 Å². The highest BCUT2D eigenvalue weighted by atomic mass is 32.2. The van der Waals surface area contributed by atoms with Crippen molar-refractivity contribution in [1.82, 2.24) is 4.98 Å². The lowest BCUT2D eigenvalue weighted by molar-refractivity contribution is -0.119. The van der Waals surface area contributed by atoms with E-state index in [1.165, 1.54) is 10.5 Å². The van der Waals surface area contributed by atoms with Crippen molar-refractivity contribution in [1.29, 1.82) is 0 Å². The van der Waals surface area contributed by atoms with Gasteiger partial charge in [0.25, 0.3) is 0 Å². The maximum absolute atomic E-state index is 12.3. The lowest BCUT2D eigenvalue weighted by atomic mass is 9.93. The number of nitrogens with zero attached hydrogens (tertiary/aromatic N) is 1. The zero-order valence-electron chi connectivity index (χ0n) is 9.87. The van der Waals surface area contributed by atoms with Crippen LogP contribution >= 0.6 is 11.8 Å². The molecule has 2 aromatic rings. The van der Waals surface area contributed by atoms with Crippen LogP contribution in [0.1, 0.15) is 17.0 Å². The van der Waals surface area contributed by atoms with E-state index in [0.717, 1.165) is 11.3 Å². The molecule has 0 saturated heterocycles. The van der Waals surface area contributed by atoms with Gasteiger partial charge in [-0.25, -0.2) is 0 Å². The number of carbonyl (C=O) groups excluding carboxylic acids is 1. The van der Waals surface area contributed by atoms with Crippen LogP contribution in [0.15, 0.2) is 53.7 Å². The normalized spacial score (nSPS) is 17.4. The Balaban J connectivity index is 1.79. The van der Waals surface area contributed by atoms with Crippen molar-refractivity contribution >= 4 is 17.5 Å². The average molecular weight is 255 g/mol. The molecular weight excluding hydrogens is 242 g/mol. The van der Waals surface area contributed by atoms with E-state index in [1.54, 1.807) is 24.2 Å². The molecule has 1 aliphatic heterocycles. The Labute approximate surface area is 110 Å². The number of carbonyl (C=O) groups is 1. The van der Waals surface area contributed by atoms with Crippen molar-refractivity contribution < 1.29 is 4.79 Å². The van der Waals surface area contributed by atoms with Gasteiger partial charge in [0.15, 0.2) is 0 Å². The molecular formula is C15H13NOS. The van der Waals surface area contributed by atoms with Gasteiger partial charge in [0.1, 0.15) is 5.78 Å². The molecule has 3 rings (SSSR count). The molecule has 0 N–H and O–H groups in total. The highest BCUT2D eigenvalue weighted by Crippen LogP contribution is 2.40. The molecule has 0 fully saturated rings. The van der Waals surface area contributed by atoms with Gasteiger partial charge in [0.05, 0.1) is 5.92 Å². The number of hydrogen-bond acceptors (Lipinski definition) is 3. The summed E-state index contributed by atoms with van der Waals surface area (Å²) in [4.78, 5) is 17.6. The van der Waals surface area contributed by atoms with Crippen molar-refractivity contribution in [2.45, 2.75) is 17.2 Å². The summed E-state index contributed by atoms with van der Waals surface area (Å²) < 4.78 is 0. The number of pyridine rings is 1. The van der Waals surface area contributed by atoms with E-state index in [2.05, 4.69) is 17.1 Å². The van der Waals surface area contributed by atoms with Crippen LogP contribution < -0.4 is 0 Å². The molecule has 2 heterocycles. The first-order valence-electron chi connectivity index (χ1n) is 5.98. The third kappa shape index (κ3) is 2.18. The van der Waals surface area contributed by atoms with Gasteiger partial charge in [0, 0.05) is 29.5 Å². The van der Waals surface area contributed by atoms with E-state index in [-0.39, 0.29) is 5.92 Å². The second kappa shape index (κ2) is 4.94. The predicted molar refractivity (Wildman–Crippen MR) is 72.9 cm³/mol. The quantitative estimate of drug-likeness (QED) is 0.844. The van der Waals surface area contributed by atoms with E-state index in [1.807, 2.05) is 24.3 Å². The SMILES string of the molecule is O=C(Cc1cccnc1)C1CSc2ccccc21. The van der Waals surface area contributed by atoms with E-state index >= 15 is 0 Å². The maximum atomic E-state index is 12.3. The number of fused-ring (bicyclic) bond motifs is 1. The Morgan fingerprint density at radius 1 is 1.28 bits per heavy atom. The van der Waals surface area contributed by atoms with E-state index in [9.17, 15) is 4.79 Å². The Bertz CT molecular complexity index is 568. The number of hydrogen-bond donors (Lipinski definition) is 0. The van der Waals surface area contributed by atoms with Crippen molar-refractivity contribution in [3.63, 3.8) is 0 Å². The summed E-state index contributed by atoms with van der Waals surface area (Å²) in [6.07, 6.45) is 3.98. The average Bonchev–Trinajstić information content (AvgIpc) is 2.84. The minimum Gasteiger partial charge on any atom is -0.299 e. The summed E-state index contributed by atoms with van der Waals surface area (Å²) in [5, 5.41) is 0. The van der Waals surface area contributed by atoms with Crippen LogP contribution in [-0.4, -0.2) is 16.5 Å². The van der Waals surface area contributed by atoms with Crippen LogP contribution in [-0.2, 0) is 11.2 Å². The third-order valence-corrected chi connectivity index (χ3v) is 4.37. The van der Waals surface area contributed by atoms with Gasteiger partial charge in [-0.2, -0.15) is 0 Å². The minimum atomic E-state index is 0.0476. The molecule has 0 amide bonds. The summed E-state index contributed by atoms with van der Waals surface area (Å²) in [6.45, 7) is 0. The van der Waals surface area contributed by atoms with Crippen LogP contribution in [0.4, 0.5) is 0 Å². The fraction of sp³-hybridized carbons (Fsp3) is 0.200. The van der Waals surface area contributed by atoms with Gasteiger partial charge in [0.2, 0.25) is 0 Å². The second-order valence-corrected chi connectivity index (χ2v) is 5.47. The Hall–Kier alpha value is -1.61. The molecule has 1 aromatic carbocycles. The van der Waals surface area contributed by atoms with Crippen LogP contribution in [0.5, 0.6) is 0 Å². The minimum absolute atomic E-state index is 0.0476. The molecule has 1 aliphatic rings.